The highest BCUT2D eigenvalue weighted by molar-refractivity contribution is 6.29. The summed E-state index contributed by atoms with van der Waals surface area (Å²) in [6.07, 6.45) is 5.42. The number of ether oxygens (including phenoxy) is 1. The molecule has 9 heteroatoms. The van der Waals surface area contributed by atoms with Gasteiger partial charge in [-0.25, -0.2) is 14.8 Å². The maximum absolute atomic E-state index is 12.5. The summed E-state index contributed by atoms with van der Waals surface area (Å²) in [6.45, 7) is 4.36. The monoisotopic (exact) mass is 424 g/mol. The molecule has 0 radical (unpaired) electrons. The van der Waals surface area contributed by atoms with Crippen molar-refractivity contribution < 1.29 is 9.53 Å². The molecule has 0 saturated heterocycles. The van der Waals surface area contributed by atoms with Gasteiger partial charge in [0.15, 0.2) is 5.65 Å². The Balaban J connectivity index is 1.36. The normalized spacial score (nSPS) is 14.0. The van der Waals surface area contributed by atoms with Crippen LogP contribution in [0.15, 0.2) is 36.7 Å². The summed E-state index contributed by atoms with van der Waals surface area (Å²) in [6, 6.07) is 7.39. The fourth-order valence-electron chi connectivity index (χ4n) is 3.67. The van der Waals surface area contributed by atoms with E-state index in [9.17, 15) is 4.79 Å². The molecule has 1 amide bonds. The van der Waals surface area contributed by atoms with E-state index in [1.54, 1.807) is 6.20 Å². The highest BCUT2D eigenvalue weighted by Gasteiger charge is 2.30. The fraction of sp³-hybridized carbons (Fsp3) is 0.333. The van der Waals surface area contributed by atoms with E-state index >= 15 is 0 Å². The molecule has 0 spiro atoms. The van der Waals surface area contributed by atoms with Crippen molar-refractivity contribution in [2.45, 2.75) is 45.1 Å². The number of fused-ring (bicyclic) bond motifs is 2. The highest BCUT2D eigenvalue weighted by atomic mass is 35.5. The molecule has 0 atom stereocenters. The Morgan fingerprint density at radius 2 is 2.17 bits per heavy atom. The Morgan fingerprint density at radius 3 is 2.93 bits per heavy atom. The maximum Gasteiger partial charge on any atom is 0.414 e. The van der Waals surface area contributed by atoms with E-state index in [0.29, 0.717) is 11.6 Å². The van der Waals surface area contributed by atoms with Gasteiger partial charge in [0, 0.05) is 23.7 Å². The number of carbonyl (C=O) groups is 1. The maximum atomic E-state index is 12.5. The van der Waals surface area contributed by atoms with Crippen molar-refractivity contribution in [3.05, 3.63) is 58.8 Å². The third kappa shape index (κ3) is 3.37. The smallest absolute Gasteiger partial charge is 0.391 e. The number of hydrogen-bond donors (Lipinski definition) is 1. The minimum atomic E-state index is -0.598. The summed E-state index contributed by atoms with van der Waals surface area (Å²) in [4.78, 5) is 21.5. The van der Waals surface area contributed by atoms with Crippen molar-refractivity contribution in [1.29, 1.82) is 0 Å². The van der Waals surface area contributed by atoms with Crippen molar-refractivity contribution in [3.8, 4) is 5.88 Å². The van der Waals surface area contributed by atoms with Gasteiger partial charge in [0.1, 0.15) is 10.8 Å². The van der Waals surface area contributed by atoms with Crippen LogP contribution in [-0.2, 0) is 6.54 Å². The second-order valence-corrected chi connectivity index (χ2v) is 8.18. The summed E-state index contributed by atoms with van der Waals surface area (Å²) >= 11 is 6.14. The number of nitrogens with zero attached hydrogens (tertiary/aromatic N) is 5. The molecule has 1 fully saturated rings. The van der Waals surface area contributed by atoms with Gasteiger partial charge in [-0.15, -0.1) is 0 Å². The molecule has 4 aromatic rings. The SMILES string of the molecule is CC(C)c1cnn2c(OC(=O)NCc3nc4ccccn4c3C3CC3)cc(Cl)nc12. The lowest BCUT2D eigenvalue weighted by Crippen LogP contribution is -2.27. The minimum absolute atomic E-state index is 0.214. The molecule has 0 bridgehead atoms. The van der Waals surface area contributed by atoms with Gasteiger partial charge >= 0.3 is 6.09 Å². The first-order valence-electron chi connectivity index (χ1n) is 9.97. The second kappa shape index (κ2) is 7.28. The molecular weight excluding hydrogens is 404 g/mol. The van der Waals surface area contributed by atoms with Gasteiger partial charge in [-0.2, -0.15) is 9.61 Å². The molecule has 30 heavy (non-hydrogen) atoms. The van der Waals surface area contributed by atoms with E-state index < -0.39 is 6.09 Å². The molecule has 1 saturated carbocycles. The molecule has 8 nitrogen and oxygen atoms in total. The number of imidazole rings is 1. The lowest BCUT2D eigenvalue weighted by molar-refractivity contribution is 0.196. The molecule has 0 aliphatic heterocycles. The summed E-state index contributed by atoms with van der Waals surface area (Å²) in [5.41, 5.74) is 4.41. The fourth-order valence-corrected chi connectivity index (χ4v) is 3.85. The molecule has 0 unspecified atom stereocenters. The predicted molar refractivity (Wildman–Crippen MR) is 112 cm³/mol. The minimum Gasteiger partial charge on any atom is -0.391 e. The number of aromatic nitrogens is 5. The third-order valence-corrected chi connectivity index (χ3v) is 5.46. The van der Waals surface area contributed by atoms with Gasteiger partial charge in [-0.3, -0.25) is 0 Å². The summed E-state index contributed by atoms with van der Waals surface area (Å²) in [5.74, 6) is 0.922. The van der Waals surface area contributed by atoms with Crippen molar-refractivity contribution in [3.63, 3.8) is 0 Å². The molecule has 154 valence electrons. The molecule has 4 aromatic heterocycles. The Hall–Kier alpha value is -3.13. The van der Waals surface area contributed by atoms with Crippen molar-refractivity contribution in [1.82, 2.24) is 29.3 Å². The zero-order valence-electron chi connectivity index (χ0n) is 16.7. The Kier molecular flexibility index (Phi) is 4.58. The average molecular weight is 425 g/mol. The van der Waals surface area contributed by atoms with Gasteiger partial charge < -0.3 is 14.5 Å². The summed E-state index contributed by atoms with van der Waals surface area (Å²) < 4.78 is 9.09. The van der Waals surface area contributed by atoms with Crippen LogP contribution in [0, 0.1) is 0 Å². The van der Waals surface area contributed by atoms with E-state index in [1.807, 2.05) is 38.2 Å². The van der Waals surface area contributed by atoms with Gasteiger partial charge in [-0.1, -0.05) is 31.5 Å². The molecule has 1 aliphatic carbocycles. The van der Waals surface area contributed by atoms with Crippen molar-refractivity contribution >= 4 is 29.0 Å². The van der Waals surface area contributed by atoms with Crippen LogP contribution < -0.4 is 10.1 Å². The van der Waals surface area contributed by atoms with Crippen LogP contribution >= 0.6 is 11.6 Å². The number of pyridine rings is 1. The lowest BCUT2D eigenvalue weighted by Gasteiger charge is -2.09. The largest absolute Gasteiger partial charge is 0.414 e. The number of halogens is 1. The average Bonchev–Trinajstić information content (AvgIpc) is 3.33. The van der Waals surface area contributed by atoms with Crippen LogP contribution in [0.5, 0.6) is 5.88 Å². The molecule has 0 aromatic carbocycles. The number of rotatable bonds is 5. The van der Waals surface area contributed by atoms with Gasteiger partial charge in [0.05, 0.1) is 24.1 Å². The number of carbonyl (C=O) groups excluding carboxylic acids is 1. The molecule has 1 aliphatic rings. The standard InChI is InChI=1S/C21H21ClN6O2/c1-12(2)14-10-24-28-18(9-16(22)26-20(14)28)30-21(29)23-11-15-19(13-6-7-13)27-8-4-3-5-17(27)25-15/h3-5,8-10,12-13H,6-7,11H2,1-2H3,(H,23,29). The lowest BCUT2D eigenvalue weighted by atomic mass is 10.1. The van der Waals surface area contributed by atoms with Crippen LogP contribution in [0.1, 0.15) is 55.5 Å². The number of amides is 1. The first-order valence-corrected chi connectivity index (χ1v) is 10.3. The highest BCUT2D eigenvalue weighted by Crippen LogP contribution is 2.41. The molecule has 4 heterocycles. The Labute approximate surface area is 177 Å². The molecular formula is C21H21ClN6O2. The van der Waals surface area contributed by atoms with Crippen LogP contribution in [0.25, 0.3) is 11.3 Å². The van der Waals surface area contributed by atoms with Gasteiger partial charge in [0.2, 0.25) is 5.88 Å². The van der Waals surface area contributed by atoms with E-state index in [0.717, 1.165) is 35.4 Å². The summed E-state index contributed by atoms with van der Waals surface area (Å²) in [5, 5.41) is 7.35. The van der Waals surface area contributed by atoms with E-state index in [-0.39, 0.29) is 23.5 Å². The van der Waals surface area contributed by atoms with Crippen molar-refractivity contribution in [2.24, 2.45) is 0 Å². The number of nitrogens with one attached hydrogen (secondary N) is 1. The van der Waals surface area contributed by atoms with Crippen LogP contribution in [-0.4, -0.2) is 30.1 Å². The predicted octanol–water partition coefficient (Wildman–Crippen LogP) is 4.32. The zero-order chi connectivity index (χ0) is 20.8. The van der Waals surface area contributed by atoms with E-state index in [4.69, 9.17) is 16.3 Å². The number of hydrogen-bond acceptors (Lipinski definition) is 5. The van der Waals surface area contributed by atoms with E-state index in [2.05, 4.69) is 24.8 Å². The Morgan fingerprint density at radius 1 is 1.33 bits per heavy atom. The molecule has 1 N–H and O–H groups in total. The zero-order valence-corrected chi connectivity index (χ0v) is 17.4. The van der Waals surface area contributed by atoms with Gasteiger partial charge in [0.25, 0.3) is 0 Å². The van der Waals surface area contributed by atoms with E-state index in [1.165, 1.54) is 10.6 Å². The second-order valence-electron chi connectivity index (χ2n) is 7.80. The first-order chi connectivity index (χ1) is 14.5. The summed E-state index contributed by atoms with van der Waals surface area (Å²) in [7, 11) is 0. The third-order valence-electron chi connectivity index (χ3n) is 5.26. The van der Waals surface area contributed by atoms with Crippen LogP contribution in [0.2, 0.25) is 5.15 Å². The topological polar surface area (TPSA) is 85.8 Å². The Bertz CT molecular complexity index is 1260. The van der Waals surface area contributed by atoms with Crippen LogP contribution in [0.4, 0.5) is 4.79 Å². The quantitative estimate of drug-likeness (QED) is 0.482. The molecule has 5 rings (SSSR count). The van der Waals surface area contributed by atoms with Gasteiger partial charge in [-0.05, 0) is 30.9 Å². The first kappa shape index (κ1) is 18.9. The van der Waals surface area contributed by atoms with Crippen molar-refractivity contribution in [2.75, 3.05) is 0 Å². The van der Waals surface area contributed by atoms with Crippen LogP contribution in [0.3, 0.4) is 0 Å².